The van der Waals surface area contributed by atoms with Gasteiger partial charge in [0, 0.05) is 18.7 Å². The van der Waals surface area contributed by atoms with Gasteiger partial charge >= 0.3 is 0 Å². The van der Waals surface area contributed by atoms with Crippen molar-refractivity contribution in [3.63, 3.8) is 0 Å². The molecule has 3 aromatic rings. The third kappa shape index (κ3) is 5.84. The van der Waals surface area contributed by atoms with Crippen molar-refractivity contribution < 1.29 is 0 Å². The van der Waals surface area contributed by atoms with Crippen molar-refractivity contribution in [2.45, 2.75) is 33.0 Å². The molecular formula is C26H27N. The highest BCUT2D eigenvalue weighted by Gasteiger charge is 2.20. The summed E-state index contributed by atoms with van der Waals surface area (Å²) in [6.07, 6.45) is 0. The van der Waals surface area contributed by atoms with Crippen LogP contribution in [-0.2, 0) is 13.1 Å². The second kappa shape index (κ2) is 9.76. The van der Waals surface area contributed by atoms with E-state index in [1.54, 1.807) is 0 Å². The van der Waals surface area contributed by atoms with Gasteiger partial charge in [0.1, 0.15) is 0 Å². The van der Waals surface area contributed by atoms with E-state index in [4.69, 9.17) is 0 Å². The van der Waals surface area contributed by atoms with Gasteiger partial charge in [-0.2, -0.15) is 0 Å². The Morgan fingerprint density at radius 2 is 1.11 bits per heavy atom. The molecule has 0 amide bonds. The lowest BCUT2D eigenvalue weighted by atomic mass is 10.0. The molecule has 3 aromatic carbocycles. The van der Waals surface area contributed by atoms with Gasteiger partial charge in [0.25, 0.3) is 0 Å². The van der Waals surface area contributed by atoms with Gasteiger partial charge in [-0.25, -0.2) is 0 Å². The van der Waals surface area contributed by atoms with Crippen LogP contribution in [0, 0.1) is 17.8 Å². The van der Waals surface area contributed by atoms with E-state index < -0.39 is 0 Å². The van der Waals surface area contributed by atoms with Crippen LogP contribution in [0.25, 0.3) is 0 Å². The van der Waals surface area contributed by atoms with Crippen LogP contribution < -0.4 is 0 Å². The summed E-state index contributed by atoms with van der Waals surface area (Å²) >= 11 is 0. The van der Waals surface area contributed by atoms with Crippen LogP contribution in [0.2, 0.25) is 0 Å². The lowest BCUT2D eigenvalue weighted by Crippen LogP contribution is -2.37. The van der Waals surface area contributed by atoms with Crippen LogP contribution in [0.3, 0.4) is 0 Å². The first-order valence-corrected chi connectivity index (χ1v) is 9.61. The van der Waals surface area contributed by atoms with E-state index in [0.717, 1.165) is 18.7 Å². The zero-order valence-electron chi connectivity index (χ0n) is 16.2. The predicted octanol–water partition coefficient (Wildman–Crippen LogP) is 5.77. The molecule has 27 heavy (non-hydrogen) atoms. The van der Waals surface area contributed by atoms with Crippen LogP contribution in [0.5, 0.6) is 0 Å². The normalized spacial score (nSPS) is 11.9. The summed E-state index contributed by atoms with van der Waals surface area (Å²) in [5.41, 5.74) is 3.71. The molecule has 0 N–H and O–H groups in total. The molecule has 0 spiro atoms. The van der Waals surface area contributed by atoms with Gasteiger partial charge < -0.3 is 0 Å². The molecule has 1 nitrogen and oxygen atoms in total. The smallest absolute Gasteiger partial charge is 0.0747 e. The second-order valence-electron chi connectivity index (χ2n) is 7.20. The largest absolute Gasteiger partial charge is 0.281 e. The summed E-state index contributed by atoms with van der Waals surface area (Å²) in [7, 11) is 0. The molecule has 136 valence electrons. The number of rotatable bonds is 6. The molecule has 0 aliphatic rings. The molecule has 3 rings (SSSR count). The summed E-state index contributed by atoms with van der Waals surface area (Å²) in [6.45, 7) is 6.30. The fourth-order valence-corrected chi connectivity index (χ4v) is 3.25. The fraction of sp³-hybridized carbons (Fsp3) is 0.231. The van der Waals surface area contributed by atoms with Crippen LogP contribution >= 0.6 is 0 Å². The number of hydrogen-bond acceptors (Lipinski definition) is 1. The van der Waals surface area contributed by atoms with Gasteiger partial charge in [0.15, 0.2) is 0 Å². The minimum absolute atomic E-state index is 0.186. The molecule has 0 aliphatic carbocycles. The van der Waals surface area contributed by atoms with Crippen LogP contribution in [0.15, 0.2) is 91.0 Å². The molecule has 0 unspecified atom stereocenters. The maximum atomic E-state index is 3.55. The SMILES string of the molecule is CC(C)[C@H](C#Cc1ccccc1)N(Cc1ccccc1)Cc1ccccc1. The molecule has 0 bridgehead atoms. The fourth-order valence-electron chi connectivity index (χ4n) is 3.25. The van der Waals surface area contributed by atoms with Crippen molar-refractivity contribution in [3.8, 4) is 11.8 Å². The molecule has 0 saturated carbocycles. The zero-order valence-corrected chi connectivity index (χ0v) is 16.2. The van der Waals surface area contributed by atoms with Gasteiger partial charge in [-0.3, -0.25) is 4.90 Å². The lowest BCUT2D eigenvalue weighted by Gasteiger charge is -2.31. The van der Waals surface area contributed by atoms with Crippen LogP contribution in [-0.4, -0.2) is 10.9 Å². The Balaban J connectivity index is 1.88. The van der Waals surface area contributed by atoms with E-state index in [2.05, 4.69) is 103 Å². The van der Waals surface area contributed by atoms with E-state index in [-0.39, 0.29) is 6.04 Å². The van der Waals surface area contributed by atoms with Crippen molar-refractivity contribution >= 4 is 0 Å². The zero-order chi connectivity index (χ0) is 18.9. The predicted molar refractivity (Wildman–Crippen MR) is 114 cm³/mol. The molecule has 0 heterocycles. The molecule has 0 radical (unpaired) electrons. The average Bonchev–Trinajstić information content (AvgIpc) is 2.70. The minimum atomic E-state index is 0.186. The molecule has 1 atom stereocenters. The molecule has 0 aromatic heterocycles. The summed E-state index contributed by atoms with van der Waals surface area (Å²) in [5.74, 6) is 7.38. The Morgan fingerprint density at radius 1 is 0.667 bits per heavy atom. The van der Waals surface area contributed by atoms with Crippen molar-refractivity contribution in [2.24, 2.45) is 5.92 Å². The van der Waals surface area contributed by atoms with E-state index >= 15 is 0 Å². The first-order valence-electron chi connectivity index (χ1n) is 9.61. The van der Waals surface area contributed by atoms with E-state index in [0.29, 0.717) is 5.92 Å². The molecule has 0 aliphatic heterocycles. The summed E-state index contributed by atoms with van der Waals surface area (Å²) < 4.78 is 0. The second-order valence-corrected chi connectivity index (χ2v) is 7.20. The highest BCUT2D eigenvalue weighted by Crippen LogP contribution is 2.18. The Hall–Kier alpha value is -2.82. The van der Waals surface area contributed by atoms with E-state index in [1.165, 1.54) is 11.1 Å². The molecular weight excluding hydrogens is 326 g/mol. The summed E-state index contributed by atoms with van der Waals surface area (Å²) in [5, 5.41) is 0. The van der Waals surface area contributed by atoms with E-state index in [1.807, 2.05) is 18.2 Å². The Morgan fingerprint density at radius 3 is 1.56 bits per heavy atom. The third-order valence-electron chi connectivity index (χ3n) is 4.62. The first-order chi connectivity index (χ1) is 13.2. The van der Waals surface area contributed by atoms with Gasteiger partial charge in [-0.05, 0) is 29.2 Å². The number of benzene rings is 3. The molecule has 0 saturated heterocycles. The molecule has 1 heteroatoms. The lowest BCUT2D eigenvalue weighted by molar-refractivity contribution is 0.179. The Labute approximate surface area is 163 Å². The van der Waals surface area contributed by atoms with Gasteiger partial charge in [0.05, 0.1) is 6.04 Å². The summed E-state index contributed by atoms with van der Waals surface area (Å²) in [6, 6.07) is 31.8. The van der Waals surface area contributed by atoms with Crippen LogP contribution in [0.4, 0.5) is 0 Å². The van der Waals surface area contributed by atoms with Gasteiger partial charge in [-0.1, -0.05) is 105 Å². The number of hydrogen-bond donors (Lipinski definition) is 0. The molecule has 0 fully saturated rings. The maximum absolute atomic E-state index is 3.55. The standard InChI is InChI=1S/C26H27N/c1-22(2)26(19-18-23-12-6-3-7-13-23)27(20-24-14-8-4-9-15-24)21-25-16-10-5-11-17-25/h3-17,22,26H,20-21H2,1-2H3/t26-/m0/s1. The van der Waals surface area contributed by atoms with E-state index in [9.17, 15) is 0 Å². The topological polar surface area (TPSA) is 3.24 Å². The quantitative estimate of drug-likeness (QED) is 0.509. The van der Waals surface area contributed by atoms with Crippen molar-refractivity contribution in [1.29, 1.82) is 0 Å². The Bertz CT molecular complexity index is 816. The van der Waals surface area contributed by atoms with Crippen LogP contribution in [0.1, 0.15) is 30.5 Å². The maximum Gasteiger partial charge on any atom is 0.0747 e. The van der Waals surface area contributed by atoms with Crippen molar-refractivity contribution in [1.82, 2.24) is 4.90 Å². The minimum Gasteiger partial charge on any atom is -0.281 e. The van der Waals surface area contributed by atoms with Gasteiger partial charge in [-0.15, -0.1) is 0 Å². The third-order valence-corrected chi connectivity index (χ3v) is 4.62. The number of nitrogens with zero attached hydrogens (tertiary/aromatic N) is 1. The van der Waals surface area contributed by atoms with Gasteiger partial charge in [0.2, 0.25) is 0 Å². The van der Waals surface area contributed by atoms with Crippen molar-refractivity contribution in [2.75, 3.05) is 0 Å². The Kier molecular flexibility index (Phi) is 6.85. The first kappa shape index (κ1) is 19.0. The van der Waals surface area contributed by atoms with Crippen molar-refractivity contribution in [3.05, 3.63) is 108 Å². The monoisotopic (exact) mass is 353 g/mol. The average molecular weight is 354 g/mol. The highest BCUT2D eigenvalue weighted by atomic mass is 15.2. The highest BCUT2D eigenvalue weighted by molar-refractivity contribution is 5.35. The summed E-state index contributed by atoms with van der Waals surface area (Å²) in [4.78, 5) is 2.49.